The van der Waals surface area contributed by atoms with Crippen molar-refractivity contribution in [2.75, 3.05) is 12.1 Å². The minimum atomic E-state index is -0.244. The molecule has 1 amide bonds. The SMILES string of the molecule is CCc1nnc(NC(=O)C=Cc2ccc3c(c2)OCO3)s1. The molecule has 2 aromatic rings. The third-order valence-corrected chi connectivity index (χ3v) is 3.81. The fourth-order valence-electron chi connectivity index (χ4n) is 1.78. The summed E-state index contributed by atoms with van der Waals surface area (Å²) in [5, 5.41) is 11.9. The van der Waals surface area contributed by atoms with Gasteiger partial charge in [0.15, 0.2) is 11.5 Å². The van der Waals surface area contributed by atoms with E-state index >= 15 is 0 Å². The molecule has 1 aromatic heterocycles. The minimum Gasteiger partial charge on any atom is -0.454 e. The maximum atomic E-state index is 11.8. The van der Waals surface area contributed by atoms with Crippen molar-refractivity contribution in [2.24, 2.45) is 0 Å². The standard InChI is InChI=1S/C14H13N3O3S/c1-2-13-16-17-14(21-13)15-12(18)6-4-9-3-5-10-11(7-9)20-8-19-10/h3-7H,2,8H2,1H3,(H,15,17,18). The summed E-state index contributed by atoms with van der Waals surface area (Å²) in [6, 6.07) is 5.50. The number of anilines is 1. The molecule has 6 nitrogen and oxygen atoms in total. The van der Waals surface area contributed by atoms with Crippen LogP contribution < -0.4 is 14.8 Å². The van der Waals surface area contributed by atoms with Crippen LogP contribution in [0.25, 0.3) is 6.08 Å². The van der Waals surface area contributed by atoms with Gasteiger partial charge in [0.1, 0.15) is 5.01 Å². The first-order valence-corrected chi connectivity index (χ1v) is 7.27. The smallest absolute Gasteiger partial charge is 0.250 e. The van der Waals surface area contributed by atoms with Crippen LogP contribution in [0, 0.1) is 0 Å². The van der Waals surface area contributed by atoms with Gasteiger partial charge in [-0.3, -0.25) is 10.1 Å². The summed E-state index contributed by atoms with van der Waals surface area (Å²) in [4.78, 5) is 11.8. The van der Waals surface area contributed by atoms with E-state index in [2.05, 4.69) is 15.5 Å². The number of fused-ring (bicyclic) bond motifs is 1. The van der Waals surface area contributed by atoms with Gasteiger partial charge in [-0.2, -0.15) is 0 Å². The van der Waals surface area contributed by atoms with Gasteiger partial charge in [-0.25, -0.2) is 0 Å². The van der Waals surface area contributed by atoms with Gasteiger partial charge in [0.05, 0.1) is 0 Å². The molecule has 1 aliphatic heterocycles. The molecule has 1 aromatic carbocycles. The predicted molar refractivity (Wildman–Crippen MR) is 79.5 cm³/mol. The molecule has 2 heterocycles. The van der Waals surface area contributed by atoms with Crippen molar-refractivity contribution in [3.05, 3.63) is 34.8 Å². The molecule has 0 atom stereocenters. The van der Waals surface area contributed by atoms with Gasteiger partial charge < -0.3 is 9.47 Å². The number of nitrogens with one attached hydrogen (secondary N) is 1. The maximum Gasteiger partial charge on any atom is 0.250 e. The molecule has 1 N–H and O–H groups in total. The second kappa shape index (κ2) is 5.92. The van der Waals surface area contributed by atoms with Gasteiger partial charge in [0, 0.05) is 6.08 Å². The molecular formula is C14H13N3O3S. The van der Waals surface area contributed by atoms with Crippen LogP contribution in [0.4, 0.5) is 5.13 Å². The second-order valence-corrected chi connectivity index (χ2v) is 5.35. The number of ether oxygens (including phenoxy) is 2. The molecule has 0 saturated heterocycles. The molecule has 108 valence electrons. The number of amides is 1. The van der Waals surface area contributed by atoms with Crippen molar-refractivity contribution < 1.29 is 14.3 Å². The van der Waals surface area contributed by atoms with Crippen molar-refractivity contribution in [3.8, 4) is 11.5 Å². The lowest BCUT2D eigenvalue weighted by Crippen LogP contribution is -2.07. The zero-order valence-corrected chi connectivity index (χ0v) is 12.1. The van der Waals surface area contributed by atoms with Crippen LogP contribution in [0.3, 0.4) is 0 Å². The number of hydrogen-bond acceptors (Lipinski definition) is 6. The van der Waals surface area contributed by atoms with Crippen LogP contribution in [0.2, 0.25) is 0 Å². The van der Waals surface area contributed by atoms with Crippen LogP contribution in [-0.2, 0) is 11.2 Å². The zero-order valence-electron chi connectivity index (χ0n) is 11.3. The van der Waals surface area contributed by atoms with Crippen LogP contribution in [0.1, 0.15) is 17.5 Å². The highest BCUT2D eigenvalue weighted by Gasteiger charge is 2.12. The monoisotopic (exact) mass is 303 g/mol. The highest BCUT2D eigenvalue weighted by atomic mass is 32.1. The first-order chi connectivity index (χ1) is 10.2. The van der Waals surface area contributed by atoms with Gasteiger partial charge in [0.2, 0.25) is 17.8 Å². The Hall–Kier alpha value is -2.41. The van der Waals surface area contributed by atoms with Gasteiger partial charge in [-0.1, -0.05) is 24.3 Å². The molecule has 0 bridgehead atoms. The Kier molecular flexibility index (Phi) is 3.83. The van der Waals surface area contributed by atoms with Crippen molar-refractivity contribution in [3.63, 3.8) is 0 Å². The fraction of sp³-hybridized carbons (Fsp3) is 0.214. The molecular weight excluding hydrogens is 290 g/mol. The Morgan fingerprint density at radius 3 is 3.05 bits per heavy atom. The molecule has 0 unspecified atom stereocenters. The normalized spacial score (nSPS) is 12.8. The van der Waals surface area contributed by atoms with E-state index in [-0.39, 0.29) is 12.7 Å². The fourth-order valence-corrected chi connectivity index (χ4v) is 2.47. The van der Waals surface area contributed by atoms with Crippen LogP contribution in [-0.4, -0.2) is 22.9 Å². The van der Waals surface area contributed by atoms with E-state index < -0.39 is 0 Å². The Balaban J connectivity index is 1.64. The van der Waals surface area contributed by atoms with E-state index in [1.54, 1.807) is 6.08 Å². The quantitative estimate of drug-likeness (QED) is 0.878. The summed E-state index contributed by atoms with van der Waals surface area (Å²) >= 11 is 1.37. The molecule has 0 saturated carbocycles. The molecule has 1 aliphatic rings. The predicted octanol–water partition coefficient (Wildman–Crippen LogP) is 2.48. The van der Waals surface area contributed by atoms with Crippen LogP contribution in [0.15, 0.2) is 24.3 Å². The summed E-state index contributed by atoms with van der Waals surface area (Å²) in [5.41, 5.74) is 0.862. The van der Waals surface area contributed by atoms with E-state index in [4.69, 9.17) is 9.47 Å². The summed E-state index contributed by atoms with van der Waals surface area (Å²) in [6.45, 7) is 2.23. The van der Waals surface area contributed by atoms with Crippen molar-refractivity contribution in [2.45, 2.75) is 13.3 Å². The Labute approximate surface area is 125 Å². The number of rotatable bonds is 4. The maximum absolute atomic E-state index is 11.8. The number of carbonyl (C=O) groups excluding carboxylic acids is 1. The number of carbonyl (C=O) groups is 1. The molecule has 7 heteroatoms. The molecule has 0 radical (unpaired) electrons. The third kappa shape index (κ3) is 3.19. The van der Waals surface area contributed by atoms with E-state index in [9.17, 15) is 4.79 Å². The first-order valence-electron chi connectivity index (χ1n) is 6.45. The largest absolute Gasteiger partial charge is 0.454 e. The molecule has 0 spiro atoms. The Bertz CT molecular complexity index is 697. The Morgan fingerprint density at radius 1 is 1.38 bits per heavy atom. The van der Waals surface area contributed by atoms with E-state index in [1.165, 1.54) is 17.4 Å². The average Bonchev–Trinajstić information content (AvgIpc) is 3.13. The summed E-state index contributed by atoms with van der Waals surface area (Å²) < 4.78 is 10.5. The van der Waals surface area contributed by atoms with Gasteiger partial charge in [0.25, 0.3) is 0 Å². The van der Waals surface area contributed by atoms with E-state index in [1.807, 2.05) is 25.1 Å². The molecule has 21 heavy (non-hydrogen) atoms. The second-order valence-electron chi connectivity index (χ2n) is 4.29. The third-order valence-electron chi connectivity index (χ3n) is 2.82. The van der Waals surface area contributed by atoms with Gasteiger partial charge >= 0.3 is 0 Å². The zero-order chi connectivity index (χ0) is 14.7. The van der Waals surface area contributed by atoms with Crippen molar-refractivity contribution >= 4 is 28.5 Å². The Morgan fingerprint density at radius 2 is 2.24 bits per heavy atom. The van der Waals surface area contributed by atoms with Crippen LogP contribution in [0.5, 0.6) is 11.5 Å². The number of nitrogens with zero attached hydrogens (tertiary/aromatic N) is 2. The van der Waals surface area contributed by atoms with Gasteiger partial charge in [-0.15, -0.1) is 10.2 Å². The number of aromatic nitrogens is 2. The topological polar surface area (TPSA) is 73.3 Å². The average molecular weight is 303 g/mol. The molecule has 3 rings (SSSR count). The highest BCUT2D eigenvalue weighted by molar-refractivity contribution is 7.15. The summed E-state index contributed by atoms with van der Waals surface area (Å²) in [5.74, 6) is 1.17. The number of aryl methyl sites for hydroxylation is 1. The molecule has 0 aliphatic carbocycles. The summed E-state index contributed by atoms with van der Waals surface area (Å²) in [6.07, 6.45) is 3.96. The van der Waals surface area contributed by atoms with Crippen molar-refractivity contribution in [1.82, 2.24) is 10.2 Å². The highest BCUT2D eigenvalue weighted by Crippen LogP contribution is 2.32. The molecule has 0 fully saturated rings. The van der Waals surface area contributed by atoms with E-state index in [0.717, 1.165) is 22.7 Å². The van der Waals surface area contributed by atoms with Crippen molar-refractivity contribution in [1.29, 1.82) is 0 Å². The lowest BCUT2D eigenvalue weighted by molar-refractivity contribution is -0.111. The van der Waals surface area contributed by atoms with Gasteiger partial charge in [-0.05, 0) is 30.2 Å². The van der Waals surface area contributed by atoms with E-state index in [0.29, 0.717) is 10.9 Å². The first kappa shape index (κ1) is 13.6. The minimum absolute atomic E-state index is 0.236. The number of benzene rings is 1. The number of hydrogen-bond donors (Lipinski definition) is 1. The lowest BCUT2D eigenvalue weighted by Gasteiger charge is -1.98. The lowest BCUT2D eigenvalue weighted by atomic mass is 10.2. The van der Waals surface area contributed by atoms with Crippen LogP contribution >= 0.6 is 11.3 Å². The summed E-state index contributed by atoms with van der Waals surface area (Å²) in [7, 11) is 0.